The summed E-state index contributed by atoms with van der Waals surface area (Å²) in [5.74, 6) is 2.80. The molecule has 10 rings (SSSR count). The molecule has 0 bridgehead atoms. The van der Waals surface area contributed by atoms with Crippen molar-refractivity contribution in [1.29, 1.82) is 0 Å². The number of fused-ring (bicyclic) bond motifs is 5. The van der Waals surface area contributed by atoms with Crippen LogP contribution < -0.4 is 19.3 Å². The molecule has 0 radical (unpaired) electrons. The Bertz CT molecular complexity index is 2690. The average Bonchev–Trinajstić information content (AvgIpc) is 3.59. The van der Waals surface area contributed by atoms with Gasteiger partial charge in [-0.15, -0.1) is 11.3 Å². The zero-order chi connectivity index (χ0) is 35.1. The van der Waals surface area contributed by atoms with E-state index in [2.05, 4.69) is 168 Å². The van der Waals surface area contributed by atoms with Crippen LogP contribution in [0.1, 0.15) is 0 Å². The second kappa shape index (κ2) is 13.1. The fraction of sp³-hybridized carbons (Fsp3) is 0. The summed E-state index contributed by atoms with van der Waals surface area (Å²) in [4.78, 5) is 4.62. The smallest absolute Gasteiger partial charge is 0.172 e. The molecule has 0 fully saturated rings. The number of ether oxygens (including phenoxy) is 2. The topological polar surface area (TPSA) is 24.9 Å². The van der Waals surface area contributed by atoms with Crippen LogP contribution in [0.15, 0.2) is 194 Å². The Morgan fingerprint density at radius 3 is 1.28 bits per heavy atom. The van der Waals surface area contributed by atoms with Crippen LogP contribution >= 0.6 is 11.3 Å². The Kier molecular flexibility index (Phi) is 7.63. The lowest BCUT2D eigenvalue weighted by Gasteiger charge is -2.28. The van der Waals surface area contributed by atoms with Crippen LogP contribution in [0.5, 0.6) is 23.0 Å². The molecule has 1 aliphatic heterocycles. The van der Waals surface area contributed by atoms with Gasteiger partial charge in [0.25, 0.3) is 0 Å². The minimum Gasteiger partial charge on any atom is -0.450 e. The van der Waals surface area contributed by atoms with E-state index in [0.29, 0.717) is 23.0 Å². The summed E-state index contributed by atoms with van der Waals surface area (Å²) in [6, 6.07) is 68.0. The third kappa shape index (κ3) is 5.74. The Labute approximate surface area is 312 Å². The van der Waals surface area contributed by atoms with E-state index in [-0.39, 0.29) is 0 Å². The molecule has 5 heteroatoms. The molecule has 2 heterocycles. The molecule has 252 valence electrons. The molecule has 0 saturated carbocycles. The second-order valence-electron chi connectivity index (χ2n) is 13.0. The Morgan fingerprint density at radius 1 is 0.302 bits per heavy atom. The van der Waals surface area contributed by atoms with E-state index >= 15 is 0 Å². The zero-order valence-electron chi connectivity index (χ0n) is 28.6. The quantitative estimate of drug-likeness (QED) is 0.165. The molecule has 0 saturated heterocycles. The molecule has 1 aliphatic rings. The number of hydrogen-bond acceptors (Lipinski definition) is 5. The molecule has 4 nitrogen and oxygen atoms in total. The molecule has 0 aliphatic carbocycles. The summed E-state index contributed by atoms with van der Waals surface area (Å²) < 4.78 is 15.1. The maximum absolute atomic E-state index is 6.39. The van der Waals surface area contributed by atoms with E-state index in [1.807, 2.05) is 47.7 Å². The molecular weight excluding hydrogens is 669 g/mol. The van der Waals surface area contributed by atoms with E-state index in [0.717, 1.165) is 34.1 Å². The van der Waals surface area contributed by atoms with E-state index in [4.69, 9.17) is 9.47 Å². The van der Waals surface area contributed by atoms with Gasteiger partial charge >= 0.3 is 0 Å². The van der Waals surface area contributed by atoms with Gasteiger partial charge in [-0.05, 0) is 108 Å². The van der Waals surface area contributed by atoms with Crippen LogP contribution in [0.4, 0.5) is 34.1 Å². The summed E-state index contributed by atoms with van der Waals surface area (Å²) in [6.45, 7) is 0. The fourth-order valence-corrected chi connectivity index (χ4v) is 8.24. The van der Waals surface area contributed by atoms with Crippen molar-refractivity contribution in [2.75, 3.05) is 9.80 Å². The number of nitrogens with zero attached hydrogens (tertiary/aromatic N) is 2. The van der Waals surface area contributed by atoms with Gasteiger partial charge in [0.05, 0.1) is 5.69 Å². The van der Waals surface area contributed by atoms with Crippen molar-refractivity contribution >= 4 is 65.6 Å². The minimum atomic E-state index is 0.681. The summed E-state index contributed by atoms with van der Waals surface area (Å²) in [6.07, 6.45) is 0. The maximum atomic E-state index is 6.39. The van der Waals surface area contributed by atoms with Crippen LogP contribution in [0.25, 0.3) is 31.3 Å². The monoisotopic (exact) mass is 700 g/mol. The molecule has 1 aromatic heterocycles. The first-order chi connectivity index (χ1) is 26.2. The highest BCUT2D eigenvalue weighted by Gasteiger charge is 2.22. The highest BCUT2D eigenvalue weighted by Crippen LogP contribution is 2.49. The predicted molar refractivity (Wildman–Crippen MR) is 221 cm³/mol. The van der Waals surface area contributed by atoms with Gasteiger partial charge in [0, 0.05) is 54.7 Å². The van der Waals surface area contributed by atoms with E-state index in [1.54, 1.807) is 0 Å². The third-order valence-electron chi connectivity index (χ3n) is 9.69. The van der Waals surface area contributed by atoms with Crippen molar-refractivity contribution in [3.63, 3.8) is 0 Å². The van der Waals surface area contributed by atoms with Crippen molar-refractivity contribution in [3.05, 3.63) is 194 Å². The highest BCUT2D eigenvalue weighted by molar-refractivity contribution is 7.25. The molecule has 9 aromatic rings. The van der Waals surface area contributed by atoms with Crippen molar-refractivity contribution in [2.24, 2.45) is 0 Å². The highest BCUT2D eigenvalue weighted by atomic mass is 32.1. The molecule has 0 N–H and O–H groups in total. The first-order valence-corrected chi connectivity index (χ1v) is 18.5. The van der Waals surface area contributed by atoms with Crippen LogP contribution in [0, 0.1) is 0 Å². The lowest BCUT2D eigenvalue weighted by molar-refractivity contribution is 0.360. The van der Waals surface area contributed by atoms with Gasteiger partial charge in [0.2, 0.25) is 0 Å². The van der Waals surface area contributed by atoms with Crippen molar-refractivity contribution in [1.82, 2.24) is 0 Å². The first-order valence-electron chi connectivity index (χ1n) is 17.7. The Morgan fingerprint density at radius 2 is 0.698 bits per heavy atom. The van der Waals surface area contributed by atoms with Crippen LogP contribution in [-0.2, 0) is 0 Å². The summed E-state index contributed by atoms with van der Waals surface area (Å²) >= 11 is 1.82. The zero-order valence-corrected chi connectivity index (χ0v) is 29.4. The lowest BCUT2D eigenvalue weighted by atomic mass is 10.0. The normalized spacial score (nSPS) is 11.7. The van der Waals surface area contributed by atoms with Gasteiger partial charge in [-0.3, -0.25) is 0 Å². The third-order valence-corrected chi connectivity index (χ3v) is 10.8. The van der Waals surface area contributed by atoms with Crippen molar-refractivity contribution < 1.29 is 9.47 Å². The standard InChI is InChI=1S/C48H32N2O2S/c1-4-12-33(13-5-1)34-20-22-37(23-21-34)50(40-24-27-45-46(32-40)52-44-19-11-10-18-43(44)51-45)39-26-29-48-42(31-39)41-30-38(25-28-47(41)53-48)49(35-14-6-2-7-15-35)36-16-8-3-9-17-36/h1-32H. The SMILES string of the molecule is c1ccc(-c2ccc(N(c3ccc4c(c3)Oc3ccccc3O4)c3ccc4sc5ccc(N(c6ccccc6)c6ccccc6)cc5c4c3)cc2)cc1. The summed E-state index contributed by atoms with van der Waals surface area (Å²) in [5.41, 5.74) is 8.76. The number of anilines is 6. The first kappa shape index (κ1) is 31.0. The number of hydrogen-bond donors (Lipinski definition) is 0. The molecule has 0 atom stereocenters. The summed E-state index contributed by atoms with van der Waals surface area (Å²) in [7, 11) is 0. The van der Waals surface area contributed by atoms with Crippen molar-refractivity contribution in [2.45, 2.75) is 0 Å². The minimum absolute atomic E-state index is 0.681. The molecular formula is C48H32N2O2S. The van der Waals surface area contributed by atoms with Crippen LogP contribution in [-0.4, -0.2) is 0 Å². The number of benzene rings is 8. The molecule has 8 aromatic carbocycles. The van der Waals surface area contributed by atoms with Gasteiger partial charge in [-0.1, -0.05) is 91.0 Å². The Hall–Kier alpha value is -6.82. The molecule has 53 heavy (non-hydrogen) atoms. The van der Waals surface area contributed by atoms with Gasteiger partial charge < -0.3 is 19.3 Å². The Balaban J connectivity index is 1.11. The van der Waals surface area contributed by atoms with Crippen LogP contribution in [0.3, 0.4) is 0 Å². The van der Waals surface area contributed by atoms with E-state index in [9.17, 15) is 0 Å². The van der Waals surface area contributed by atoms with E-state index < -0.39 is 0 Å². The number of rotatable bonds is 7. The van der Waals surface area contributed by atoms with Crippen LogP contribution in [0.2, 0.25) is 0 Å². The van der Waals surface area contributed by atoms with Gasteiger partial charge in [0.15, 0.2) is 23.0 Å². The molecule has 0 spiro atoms. The maximum Gasteiger partial charge on any atom is 0.172 e. The fourth-order valence-electron chi connectivity index (χ4n) is 7.17. The van der Waals surface area contributed by atoms with E-state index in [1.165, 1.54) is 31.3 Å². The predicted octanol–water partition coefficient (Wildman–Crippen LogP) is 14.6. The van der Waals surface area contributed by atoms with Gasteiger partial charge in [-0.2, -0.15) is 0 Å². The van der Waals surface area contributed by atoms with Gasteiger partial charge in [0.1, 0.15) is 0 Å². The number of para-hydroxylation sites is 4. The molecule has 0 amide bonds. The number of thiophene rings is 1. The van der Waals surface area contributed by atoms with Gasteiger partial charge in [-0.25, -0.2) is 0 Å². The largest absolute Gasteiger partial charge is 0.450 e. The average molecular weight is 701 g/mol. The lowest BCUT2D eigenvalue weighted by Crippen LogP contribution is -2.10. The second-order valence-corrected chi connectivity index (χ2v) is 14.1. The summed E-state index contributed by atoms with van der Waals surface area (Å²) in [5, 5.41) is 2.43. The van der Waals surface area contributed by atoms with Crippen molar-refractivity contribution in [3.8, 4) is 34.1 Å². The molecule has 0 unspecified atom stereocenters.